The maximum atomic E-state index is 12.7. The molecule has 2 saturated heterocycles. The smallest absolute Gasteiger partial charge is 0.227 e. The van der Waals surface area contributed by atoms with Crippen LogP contribution < -0.4 is 5.32 Å². The number of hydrogen-bond acceptors (Lipinski definition) is 5. The van der Waals surface area contributed by atoms with Crippen LogP contribution in [0, 0.1) is 5.92 Å². The molecule has 0 radical (unpaired) electrons. The van der Waals surface area contributed by atoms with Gasteiger partial charge in [-0.15, -0.1) is 11.3 Å². The number of rotatable bonds is 5. The van der Waals surface area contributed by atoms with Crippen LogP contribution in [0.5, 0.6) is 0 Å². The first kappa shape index (κ1) is 16.9. The summed E-state index contributed by atoms with van der Waals surface area (Å²) in [7, 11) is 0. The van der Waals surface area contributed by atoms with Crippen molar-refractivity contribution in [3.05, 3.63) is 16.1 Å². The number of nitrogens with one attached hydrogen (secondary N) is 1. The van der Waals surface area contributed by atoms with Crippen LogP contribution in [-0.4, -0.2) is 60.0 Å². The molecule has 0 spiro atoms. The van der Waals surface area contributed by atoms with Gasteiger partial charge in [0.15, 0.2) is 0 Å². The van der Waals surface area contributed by atoms with Crippen molar-refractivity contribution in [2.45, 2.75) is 39.2 Å². The molecule has 0 bridgehead atoms. The van der Waals surface area contributed by atoms with E-state index in [1.54, 1.807) is 11.3 Å². The number of carbonyl (C=O) groups is 1. The number of thiazole rings is 1. The Morgan fingerprint density at radius 1 is 1.39 bits per heavy atom. The highest BCUT2D eigenvalue weighted by Crippen LogP contribution is 2.22. The lowest BCUT2D eigenvalue weighted by Crippen LogP contribution is -2.51. The van der Waals surface area contributed by atoms with Gasteiger partial charge in [-0.25, -0.2) is 4.98 Å². The van der Waals surface area contributed by atoms with Crippen LogP contribution in [0.4, 0.5) is 0 Å². The van der Waals surface area contributed by atoms with Gasteiger partial charge in [-0.2, -0.15) is 0 Å². The SMILES string of the molecule is CCCc1csc(CN2CCCC(C(=O)N3CCNCC3)C2)n1. The first-order valence-electron chi connectivity index (χ1n) is 8.91. The van der Waals surface area contributed by atoms with Gasteiger partial charge in [0.25, 0.3) is 0 Å². The van der Waals surface area contributed by atoms with Crippen LogP contribution in [-0.2, 0) is 17.8 Å². The summed E-state index contributed by atoms with van der Waals surface area (Å²) in [6.07, 6.45) is 4.38. The predicted molar refractivity (Wildman–Crippen MR) is 93.6 cm³/mol. The average molecular weight is 337 g/mol. The largest absolute Gasteiger partial charge is 0.340 e. The van der Waals surface area contributed by atoms with Gasteiger partial charge < -0.3 is 10.2 Å². The number of piperazine rings is 1. The van der Waals surface area contributed by atoms with Gasteiger partial charge in [0, 0.05) is 38.1 Å². The molecule has 2 aliphatic heterocycles. The number of piperidine rings is 1. The van der Waals surface area contributed by atoms with Crippen molar-refractivity contribution in [2.75, 3.05) is 39.3 Å². The maximum Gasteiger partial charge on any atom is 0.227 e. The summed E-state index contributed by atoms with van der Waals surface area (Å²) < 4.78 is 0. The molecule has 0 aromatic carbocycles. The third-order valence-corrected chi connectivity index (χ3v) is 5.63. The fraction of sp³-hybridized carbons (Fsp3) is 0.765. The molecule has 2 aliphatic rings. The molecule has 1 aromatic heterocycles. The summed E-state index contributed by atoms with van der Waals surface area (Å²) in [6, 6.07) is 0. The van der Waals surface area contributed by atoms with Gasteiger partial charge in [0.05, 0.1) is 18.2 Å². The van der Waals surface area contributed by atoms with E-state index in [4.69, 9.17) is 4.98 Å². The molecule has 1 N–H and O–H groups in total. The summed E-state index contributed by atoms with van der Waals surface area (Å²) in [4.78, 5) is 21.9. The Morgan fingerprint density at radius 2 is 2.22 bits per heavy atom. The molecule has 23 heavy (non-hydrogen) atoms. The van der Waals surface area contributed by atoms with Gasteiger partial charge in [-0.3, -0.25) is 9.69 Å². The van der Waals surface area contributed by atoms with Crippen LogP contribution in [0.2, 0.25) is 0 Å². The molecule has 0 aliphatic carbocycles. The number of amides is 1. The molecule has 2 fully saturated rings. The van der Waals surface area contributed by atoms with E-state index in [0.29, 0.717) is 5.91 Å². The van der Waals surface area contributed by atoms with Crippen molar-refractivity contribution in [2.24, 2.45) is 5.92 Å². The highest BCUT2D eigenvalue weighted by atomic mass is 32.1. The third-order valence-electron chi connectivity index (χ3n) is 4.75. The molecule has 128 valence electrons. The molecular formula is C17H28N4OS. The van der Waals surface area contributed by atoms with Crippen molar-refractivity contribution in [3.63, 3.8) is 0 Å². The second-order valence-electron chi connectivity index (χ2n) is 6.63. The summed E-state index contributed by atoms with van der Waals surface area (Å²) in [6.45, 7) is 8.67. The highest BCUT2D eigenvalue weighted by Gasteiger charge is 2.30. The monoisotopic (exact) mass is 336 g/mol. The lowest BCUT2D eigenvalue weighted by molar-refractivity contribution is -0.138. The van der Waals surface area contributed by atoms with E-state index in [2.05, 4.69) is 22.5 Å². The van der Waals surface area contributed by atoms with Crippen molar-refractivity contribution in [1.29, 1.82) is 0 Å². The molecule has 1 unspecified atom stereocenters. The quantitative estimate of drug-likeness (QED) is 0.890. The first-order chi connectivity index (χ1) is 11.3. The predicted octanol–water partition coefficient (Wildman–Crippen LogP) is 1.74. The molecule has 6 heteroatoms. The van der Waals surface area contributed by atoms with Crippen LogP contribution in [0.15, 0.2) is 5.38 Å². The van der Waals surface area contributed by atoms with E-state index in [-0.39, 0.29) is 5.92 Å². The molecule has 3 heterocycles. The molecule has 5 nitrogen and oxygen atoms in total. The number of likely N-dealkylation sites (tertiary alicyclic amines) is 1. The van der Waals surface area contributed by atoms with E-state index in [1.165, 1.54) is 10.7 Å². The molecule has 1 amide bonds. The second kappa shape index (κ2) is 8.22. The highest BCUT2D eigenvalue weighted by molar-refractivity contribution is 7.09. The topological polar surface area (TPSA) is 48.5 Å². The fourth-order valence-corrected chi connectivity index (χ4v) is 4.40. The van der Waals surface area contributed by atoms with Crippen LogP contribution in [0.3, 0.4) is 0 Å². The number of nitrogens with zero attached hydrogens (tertiary/aromatic N) is 3. The zero-order chi connectivity index (χ0) is 16.1. The Morgan fingerprint density at radius 3 is 3.00 bits per heavy atom. The number of hydrogen-bond donors (Lipinski definition) is 1. The standard InChI is InChI=1S/C17H28N4OS/c1-2-4-15-13-23-16(19-15)12-20-8-3-5-14(11-20)17(22)21-9-6-18-7-10-21/h13-14,18H,2-12H2,1H3. The van der Waals surface area contributed by atoms with E-state index >= 15 is 0 Å². The second-order valence-corrected chi connectivity index (χ2v) is 7.57. The summed E-state index contributed by atoms with van der Waals surface area (Å²) >= 11 is 1.76. The van der Waals surface area contributed by atoms with E-state index in [1.807, 2.05) is 4.90 Å². The zero-order valence-corrected chi connectivity index (χ0v) is 14.9. The van der Waals surface area contributed by atoms with Gasteiger partial charge in [-0.1, -0.05) is 13.3 Å². The maximum absolute atomic E-state index is 12.7. The Hall–Kier alpha value is -0.980. The molecular weight excluding hydrogens is 308 g/mol. The van der Waals surface area contributed by atoms with Crippen molar-refractivity contribution < 1.29 is 4.79 Å². The fourth-order valence-electron chi connectivity index (χ4n) is 3.53. The lowest BCUT2D eigenvalue weighted by atomic mass is 9.96. The number of aryl methyl sites for hydroxylation is 1. The minimum atomic E-state index is 0.178. The first-order valence-corrected chi connectivity index (χ1v) is 9.79. The zero-order valence-electron chi connectivity index (χ0n) is 14.1. The van der Waals surface area contributed by atoms with Crippen molar-refractivity contribution in [3.8, 4) is 0 Å². The average Bonchev–Trinajstić information content (AvgIpc) is 3.03. The van der Waals surface area contributed by atoms with Gasteiger partial charge in [0.1, 0.15) is 5.01 Å². The lowest BCUT2D eigenvalue weighted by Gasteiger charge is -2.36. The van der Waals surface area contributed by atoms with E-state index in [9.17, 15) is 4.79 Å². The van der Waals surface area contributed by atoms with Crippen molar-refractivity contribution >= 4 is 17.2 Å². The molecule has 3 rings (SSSR count). The van der Waals surface area contributed by atoms with Crippen LogP contribution in [0.25, 0.3) is 0 Å². The summed E-state index contributed by atoms with van der Waals surface area (Å²) in [5.41, 5.74) is 1.22. The number of aromatic nitrogens is 1. The Bertz CT molecular complexity index is 512. The third kappa shape index (κ3) is 4.52. The van der Waals surface area contributed by atoms with Crippen molar-refractivity contribution in [1.82, 2.24) is 20.1 Å². The molecule has 1 aromatic rings. The van der Waals surface area contributed by atoms with E-state index in [0.717, 1.165) is 71.5 Å². The number of carbonyl (C=O) groups excluding carboxylic acids is 1. The normalized spacial score (nSPS) is 23.2. The minimum Gasteiger partial charge on any atom is -0.340 e. The molecule has 0 saturated carbocycles. The van der Waals surface area contributed by atoms with Gasteiger partial charge in [-0.05, 0) is 25.8 Å². The Labute approximate surface area is 143 Å². The molecule has 1 atom stereocenters. The van der Waals surface area contributed by atoms with Gasteiger partial charge >= 0.3 is 0 Å². The van der Waals surface area contributed by atoms with Gasteiger partial charge in [0.2, 0.25) is 5.91 Å². The van der Waals surface area contributed by atoms with Crippen LogP contribution >= 0.6 is 11.3 Å². The summed E-state index contributed by atoms with van der Waals surface area (Å²) in [5.74, 6) is 0.541. The summed E-state index contributed by atoms with van der Waals surface area (Å²) in [5, 5.41) is 6.70. The Kier molecular flexibility index (Phi) is 6.02. The Balaban J connectivity index is 1.53. The minimum absolute atomic E-state index is 0.178. The van der Waals surface area contributed by atoms with E-state index < -0.39 is 0 Å². The van der Waals surface area contributed by atoms with Crippen LogP contribution in [0.1, 0.15) is 36.9 Å².